The lowest BCUT2D eigenvalue weighted by Crippen LogP contribution is -2.24. The Bertz CT molecular complexity index is 658. The summed E-state index contributed by atoms with van der Waals surface area (Å²) < 4.78 is 0. The highest BCUT2D eigenvalue weighted by molar-refractivity contribution is 5.82. The molecule has 0 radical (unpaired) electrons. The van der Waals surface area contributed by atoms with Crippen LogP contribution in [0.25, 0.3) is 10.9 Å². The standard InChI is InChI=1S/C19H24N2/c1-3-20-19(15-9-5-4-6-10-15)18-13-14(2)16-11-7-8-12-17(16)21-18/h7-9,11-13,19-20H,3-6,10H2,1-2H3. The second-order valence-electron chi connectivity index (χ2n) is 5.90. The van der Waals surface area contributed by atoms with Gasteiger partial charge < -0.3 is 5.32 Å². The average molecular weight is 280 g/mol. The number of nitrogens with one attached hydrogen (secondary N) is 1. The molecule has 0 aliphatic heterocycles. The number of pyridine rings is 1. The SMILES string of the molecule is CCNC(C1=CCCCC1)c1cc(C)c2ccccc2n1. The third-order valence-corrected chi connectivity index (χ3v) is 4.34. The number of nitrogens with zero attached hydrogens (tertiary/aromatic N) is 1. The summed E-state index contributed by atoms with van der Waals surface area (Å²) in [5, 5.41) is 4.89. The smallest absolute Gasteiger partial charge is 0.0711 e. The largest absolute Gasteiger partial charge is 0.306 e. The molecule has 1 heterocycles. The number of fused-ring (bicyclic) bond motifs is 1. The summed E-state index contributed by atoms with van der Waals surface area (Å²) in [6.45, 7) is 5.33. The lowest BCUT2D eigenvalue weighted by Gasteiger charge is -2.24. The maximum atomic E-state index is 4.93. The molecular weight excluding hydrogens is 256 g/mol. The summed E-state index contributed by atoms with van der Waals surface area (Å²) in [4.78, 5) is 4.93. The number of aromatic nitrogens is 1. The van der Waals surface area contributed by atoms with Gasteiger partial charge >= 0.3 is 0 Å². The van der Waals surface area contributed by atoms with Crippen LogP contribution in [0, 0.1) is 6.92 Å². The highest BCUT2D eigenvalue weighted by Gasteiger charge is 2.19. The fraction of sp³-hybridized carbons (Fsp3) is 0.421. The van der Waals surface area contributed by atoms with Crippen LogP contribution in [-0.2, 0) is 0 Å². The number of aryl methyl sites for hydroxylation is 1. The Kier molecular flexibility index (Phi) is 4.35. The fourth-order valence-electron chi connectivity index (χ4n) is 3.28. The van der Waals surface area contributed by atoms with Gasteiger partial charge in [0, 0.05) is 5.39 Å². The molecule has 0 saturated carbocycles. The van der Waals surface area contributed by atoms with Gasteiger partial charge in [0.05, 0.1) is 17.3 Å². The Labute approximate surface area is 127 Å². The summed E-state index contributed by atoms with van der Waals surface area (Å²) in [6, 6.07) is 11.0. The first-order valence-corrected chi connectivity index (χ1v) is 8.08. The molecule has 1 unspecified atom stereocenters. The Morgan fingerprint density at radius 1 is 1.24 bits per heavy atom. The molecule has 21 heavy (non-hydrogen) atoms. The zero-order valence-electron chi connectivity index (χ0n) is 13.0. The predicted molar refractivity (Wildman–Crippen MR) is 89.4 cm³/mol. The van der Waals surface area contributed by atoms with E-state index in [1.54, 1.807) is 0 Å². The quantitative estimate of drug-likeness (QED) is 0.821. The molecular formula is C19H24N2. The number of likely N-dealkylation sites (N-methyl/N-ethyl adjacent to an activating group) is 1. The van der Waals surface area contributed by atoms with Crippen molar-refractivity contribution < 1.29 is 0 Å². The topological polar surface area (TPSA) is 24.9 Å². The van der Waals surface area contributed by atoms with Crippen LogP contribution in [0.15, 0.2) is 42.0 Å². The average Bonchev–Trinajstić information content (AvgIpc) is 2.53. The molecule has 3 rings (SSSR count). The van der Waals surface area contributed by atoms with Crippen molar-refractivity contribution in [2.24, 2.45) is 0 Å². The van der Waals surface area contributed by atoms with Crippen LogP contribution in [0.2, 0.25) is 0 Å². The maximum absolute atomic E-state index is 4.93. The molecule has 0 amide bonds. The van der Waals surface area contributed by atoms with E-state index in [1.807, 2.05) is 0 Å². The molecule has 1 aromatic carbocycles. The van der Waals surface area contributed by atoms with Gasteiger partial charge in [-0.25, -0.2) is 0 Å². The lowest BCUT2D eigenvalue weighted by atomic mass is 9.91. The van der Waals surface area contributed by atoms with Gasteiger partial charge in [-0.3, -0.25) is 4.98 Å². The van der Waals surface area contributed by atoms with Crippen molar-refractivity contribution in [2.45, 2.75) is 45.6 Å². The van der Waals surface area contributed by atoms with Crippen molar-refractivity contribution in [3.8, 4) is 0 Å². The number of hydrogen-bond acceptors (Lipinski definition) is 2. The van der Waals surface area contributed by atoms with E-state index in [2.05, 4.69) is 55.6 Å². The number of hydrogen-bond donors (Lipinski definition) is 1. The molecule has 0 saturated heterocycles. The van der Waals surface area contributed by atoms with Crippen LogP contribution in [-0.4, -0.2) is 11.5 Å². The summed E-state index contributed by atoms with van der Waals surface area (Å²) in [6.07, 6.45) is 7.46. The van der Waals surface area contributed by atoms with Gasteiger partial charge in [-0.05, 0) is 56.8 Å². The fourth-order valence-corrected chi connectivity index (χ4v) is 3.28. The van der Waals surface area contributed by atoms with Gasteiger partial charge in [-0.2, -0.15) is 0 Å². The van der Waals surface area contributed by atoms with E-state index < -0.39 is 0 Å². The van der Waals surface area contributed by atoms with E-state index in [9.17, 15) is 0 Å². The maximum Gasteiger partial charge on any atom is 0.0711 e. The summed E-state index contributed by atoms with van der Waals surface area (Å²) in [5.74, 6) is 0. The van der Waals surface area contributed by atoms with Gasteiger partial charge in [-0.15, -0.1) is 0 Å². The van der Waals surface area contributed by atoms with Gasteiger partial charge in [-0.1, -0.05) is 36.8 Å². The number of benzene rings is 1. The normalized spacial score (nSPS) is 16.8. The zero-order valence-corrected chi connectivity index (χ0v) is 13.0. The minimum Gasteiger partial charge on any atom is -0.306 e. The van der Waals surface area contributed by atoms with E-state index >= 15 is 0 Å². The Morgan fingerprint density at radius 3 is 2.86 bits per heavy atom. The molecule has 0 bridgehead atoms. The monoisotopic (exact) mass is 280 g/mol. The molecule has 0 spiro atoms. The second-order valence-corrected chi connectivity index (χ2v) is 5.90. The minimum atomic E-state index is 0.276. The van der Waals surface area contributed by atoms with E-state index in [4.69, 9.17) is 4.98 Å². The van der Waals surface area contributed by atoms with Crippen molar-refractivity contribution >= 4 is 10.9 Å². The number of para-hydroxylation sites is 1. The third-order valence-electron chi connectivity index (χ3n) is 4.34. The van der Waals surface area contributed by atoms with Gasteiger partial charge in [0.25, 0.3) is 0 Å². The lowest BCUT2D eigenvalue weighted by molar-refractivity contribution is 0.555. The summed E-state index contributed by atoms with van der Waals surface area (Å²) >= 11 is 0. The molecule has 1 atom stereocenters. The Hall–Kier alpha value is -1.67. The molecule has 2 heteroatoms. The van der Waals surface area contributed by atoms with Crippen LogP contribution < -0.4 is 5.32 Å². The number of allylic oxidation sites excluding steroid dienone is 1. The van der Waals surface area contributed by atoms with E-state index in [0.717, 1.165) is 12.1 Å². The highest BCUT2D eigenvalue weighted by atomic mass is 14.9. The summed E-state index contributed by atoms with van der Waals surface area (Å²) in [7, 11) is 0. The van der Waals surface area contributed by atoms with Gasteiger partial charge in [0.15, 0.2) is 0 Å². The molecule has 1 N–H and O–H groups in total. The van der Waals surface area contributed by atoms with Crippen molar-refractivity contribution in [3.05, 3.63) is 53.2 Å². The Balaban J connectivity index is 2.04. The van der Waals surface area contributed by atoms with E-state index in [0.29, 0.717) is 0 Å². The highest BCUT2D eigenvalue weighted by Crippen LogP contribution is 2.30. The van der Waals surface area contributed by atoms with Crippen molar-refractivity contribution in [1.82, 2.24) is 10.3 Å². The van der Waals surface area contributed by atoms with Gasteiger partial charge in [0.2, 0.25) is 0 Å². The molecule has 1 aromatic heterocycles. The third kappa shape index (κ3) is 3.01. The zero-order chi connectivity index (χ0) is 14.7. The molecule has 2 aromatic rings. The Morgan fingerprint density at radius 2 is 2.10 bits per heavy atom. The van der Waals surface area contributed by atoms with E-state index in [1.165, 1.54) is 47.9 Å². The van der Waals surface area contributed by atoms with Crippen LogP contribution in [0.3, 0.4) is 0 Å². The molecule has 0 fully saturated rings. The van der Waals surface area contributed by atoms with Crippen LogP contribution in [0.1, 0.15) is 49.9 Å². The first-order chi connectivity index (χ1) is 10.3. The molecule has 1 aliphatic carbocycles. The van der Waals surface area contributed by atoms with Gasteiger partial charge in [0.1, 0.15) is 0 Å². The molecule has 110 valence electrons. The summed E-state index contributed by atoms with van der Waals surface area (Å²) in [5.41, 5.74) is 5.10. The second kappa shape index (κ2) is 6.40. The molecule has 2 nitrogen and oxygen atoms in total. The predicted octanol–water partition coefficient (Wildman–Crippen LogP) is 4.69. The first-order valence-electron chi connectivity index (χ1n) is 8.08. The molecule has 1 aliphatic rings. The van der Waals surface area contributed by atoms with Crippen LogP contribution in [0.5, 0.6) is 0 Å². The first kappa shape index (κ1) is 14.3. The van der Waals surface area contributed by atoms with Crippen molar-refractivity contribution in [2.75, 3.05) is 6.54 Å². The van der Waals surface area contributed by atoms with E-state index in [-0.39, 0.29) is 6.04 Å². The van der Waals surface area contributed by atoms with Crippen LogP contribution >= 0.6 is 0 Å². The minimum absolute atomic E-state index is 0.276. The number of rotatable bonds is 4. The van der Waals surface area contributed by atoms with Crippen molar-refractivity contribution in [3.63, 3.8) is 0 Å². The van der Waals surface area contributed by atoms with Crippen LogP contribution in [0.4, 0.5) is 0 Å². The van der Waals surface area contributed by atoms with Crippen molar-refractivity contribution in [1.29, 1.82) is 0 Å².